The van der Waals surface area contributed by atoms with Crippen LogP contribution in [-0.4, -0.2) is 39.4 Å². The van der Waals surface area contributed by atoms with Crippen molar-refractivity contribution in [2.45, 2.75) is 0 Å². The Morgan fingerprint density at radius 1 is 0.383 bits per heavy atom. The summed E-state index contributed by atoms with van der Waals surface area (Å²) >= 11 is 0. The van der Waals surface area contributed by atoms with Crippen molar-refractivity contribution in [2.24, 2.45) is 20.4 Å². The number of azo groups is 1. The Hall–Kier alpha value is -10.0. The highest BCUT2D eigenvalue weighted by atomic mass is 16.7. The minimum absolute atomic E-state index is 0.438. The summed E-state index contributed by atoms with van der Waals surface area (Å²) in [5.41, 5.74) is 0.0382. The molecule has 0 fully saturated rings. The maximum atomic E-state index is 11.8. The Bertz CT molecular complexity index is 2830. The zero-order chi connectivity index (χ0) is 44.0. The van der Waals surface area contributed by atoms with E-state index in [-0.39, 0.29) is 0 Å². The number of hydrogen-bond acceptors (Lipinski definition) is 24. The van der Waals surface area contributed by atoms with Crippen LogP contribution in [0.5, 0.6) is 0 Å². The van der Waals surface area contributed by atoms with Crippen LogP contribution in [0.2, 0.25) is 0 Å². The molecule has 0 saturated carbocycles. The monoisotopic (exact) mass is 832 g/mol. The fourth-order valence-electron chi connectivity index (χ4n) is 4.80. The minimum Gasteiger partial charge on any atom is -0.296 e. The van der Waals surface area contributed by atoms with Gasteiger partial charge in [0.1, 0.15) is 39.2 Å². The number of rotatable bonds is 17. The van der Waals surface area contributed by atoms with Gasteiger partial charge in [-0.25, -0.2) is 0 Å². The summed E-state index contributed by atoms with van der Waals surface area (Å²) in [5, 5.41) is 107. The average Bonchev–Trinajstić information content (AvgIpc) is 3.19. The number of nitrogens with one attached hydrogen (secondary N) is 4. The van der Waals surface area contributed by atoms with Gasteiger partial charge in [0.2, 0.25) is 0 Å². The van der Waals surface area contributed by atoms with E-state index >= 15 is 0 Å². The van der Waals surface area contributed by atoms with Crippen LogP contribution in [0.4, 0.5) is 79.6 Å². The Labute approximate surface area is 325 Å². The molecule has 0 heterocycles. The molecule has 5 aromatic rings. The number of nitrogens with zero attached hydrogens (tertiary/aromatic N) is 12. The van der Waals surface area contributed by atoms with Crippen molar-refractivity contribution in [2.75, 3.05) is 21.7 Å². The van der Waals surface area contributed by atoms with Crippen LogP contribution in [0.15, 0.2) is 93.2 Å². The number of non-ortho nitro benzene ring substituents is 4. The van der Waals surface area contributed by atoms with Crippen LogP contribution < -0.4 is 32.4 Å². The van der Waals surface area contributed by atoms with Crippen molar-refractivity contribution in [3.05, 3.63) is 164 Å². The van der Waals surface area contributed by atoms with E-state index in [0.717, 1.165) is 48.5 Å². The summed E-state index contributed by atoms with van der Waals surface area (Å²) in [7, 11) is 0. The number of nitro benzene ring substituents is 8. The normalized spacial score (nSPS) is 11.5. The first-order valence-electron chi connectivity index (χ1n) is 15.5. The molecule has 32 nitrogen and oxygen atoms in total. The van der Waals surface area contributed by atoms with Gasteiger partial charge < -0.3 is 0 Å². The predicted octanol–water partition coefficient (Wildman–Crippen LogP) is 5.54. The number of hydrogen-bond donors (Lipinski definition) is 4. The number of hydrazine groups is 1. The first-order chi connectivity index (χ1) is 28.4. The van der Waals surface area contributed by atoms with Crippen molar-refractivity contribution in [3.63, 3.8) is 0 Å². The molecule has 0 unspecified atom stereocenters. The van der Waals surface area contributed by atoms with Crippen LogP contribution in [0.3, 0.4) is 0 Å². The fraction of sp³-hybridized carbons (Fsp3) is 0. The lowest BCUT2D eigenvalue weighted by Crippen LogP contribution is -2.39. The molecule has 0 saturated heterocycles. The summed E-state index contributed by atoms with van der Waals surface area (Å²) in [5.74, 6) is 0. The van der Waals surface area contributed by atoms with Crippen molar-refractivity contribution >= 4 is 79.6 Å². The van der Waals surface area contributed by atoms with E-state index in [4.69, 9.17) is 0 Å². The topological polar surface area (TPSA) is 443 Å². The molecule has 0 radical (unpaired) electrons. The van der Waals surface area contributed by atoms with Gasteiger partial charge in [-0.05, 0) is 24.3 Å². The van der Waals surface area contributed by atoms with E-state index in [0.29, 0.717) is 24.3 Å². The van der Waals surface area contributed by atoms with Gasteiger partial charge in [0.05, 0.1) is 63.7 Å². The third-order valence-electron chi connectivity index (χ3n) is 7.61. The highest BCUT2D eigenvalue weighted by molar-refractivity contribution is 5.75. The zero-order valence-corrected chi connectivity index (χ0v) is 28.8. The minimum atomic E-state index is -1.04. The van der Waals surface area contributed by atoms with Gasteiger partial charge in [-0.15, -0.1) is 10.2 Å². The lowest BCUT2D eigenvalue weighted by molar-refractivity contribution is -0.393. The molecule has 4 N–H and O–H groups in total. The Morgan fingerprint density at radius 3 is 1.17 bits per heavy atom. The summed E-state index contributed by atoms with van der Waals surface area (Å²) in [6, 6.07) is 9.24. The van der Waals surface area contributed by atoms with Gasteiger partial charge in [0, 0.05) is 24.3 Å². The zero-order valence-electron chi connectivity index (χ0n) is 28.8. The van der Waals surface area contributed by atoms with Gasteiger partial charge in [0.25, 0.3) is 22.7 Å². The van der Waals surface area contributed by atoms with Gasteiger partial charge >= 0.3 is 22.7 Å². The van der Waals surface area contributed by atoms with Crippen LogP contribution in [0.25, 0.3) is 0 Å². The van der Waals surface area contributed by atoms with Gasteiger partial charge in [-0.3, -0.25) is 103 Å². The van der Waals surface area contributed by atoms with E-state index in [1.54, 1.807) is 0 Å². The molecule has 0 bridgehead atoms. The summed E-state index contributed by atoms with van der Waals surface area (Å²) in [6.07, 6.45) is 0. The SMILES string of the molecule is O=[N+]([O-])c1ccc(N=Nc2c(NNc3ccc([N+](=O)[O-])cc3[N+](=O)[O-])c(=NNc3ccc([N+](=O)[O-])cc3[N+](=O)[O-])c2=NNc2ccc([N+](=O)[O-])cc2[N+](=O)[O-])c([N+](=O)[O-])c1. The number of anilines is 4. The summed E-state index contributed by atoms with van der Waals surface area (Å²) < 4.78 is 0. The molecule has 5 rings (SSSR count). The summed E-state index contributed by atoms with van der Waals surface area (Å²) in [6.45, 7) is 0. The van der Waals surface area contributed by atoms with Crippen LogP contribution >= 0.6 is 0 Å². The molecule has 0 amide bonds. The Morgan fingerprint density at radius 2 is 0.750 bits per heavy atom. The second-order valence-corrected chi connectivity index (χ2v) is 11.2. The third kappa shape index (κ3) is 8.75. The largest absolute Gasteiger partial charge is 0.303 e. The maximum Gasteiger partial charge on any atom is 0.303 e. The highest BCUT2D eigenvalue weighted by Gasteiger charge is 2.26. The molecule has 0 aliphatic rings. The molecule has 60 heavy (non-hydrogen) atoms. The Kier molecular flexibility index (Phi) is 11.5. The molecule has 5 aromatic carbocycles. The first kappa shape index (κ1) is 41.1. The van der Waals surface area contributed by atoms with Crippen LogP contribution in [-0.2, 0) is 0 Å². The predicted molar refractivity (Wildman–Crippen MR) is 198 cm³/mol. The van der Waals surface area contributed by atoms with Gasteiger partial charge in [-0.1, -0.05) is 0 Å². The molecular weight excluding hydrogens is 816 g/mol. The van der Waals surface area contributed by atoms with Crippen molar-refractivity contribution in [1.29, 1.82) is 0 Å². The maximum absolute atomic E-state index is 11.8. The first-order valence-corrected chi connectivity index (χ1v) is 15.5. The van der Waals surface area contributed by atoms with Gasteiger partial charge in [-0.2, -0.15) is 10.2 Å². The molecule has 304 valence electrons. The molecule has 0 aliphatic carbocycles. The van der Waals surface area contributed by atoms with Crippen molar-refractivity contribution < 1.29 is 39.4 Å². The van der Waals surface area contributed by atoms with E-state index < -0.39 is 130 Å². The summed E-state index contributed by atoms with van der Waals surface area (Å²) in [4.78, 5) is 84.5. The van der Waals surface area contributed by atoms with E-state index in [1.165, 1.54) is 0 Å². The molecule has 0 aromatic heterocycles. The lowest BCUT2D eigenvalue weighted by Gasteiger charge is -2.16. The van der Waals surface area contributed by atoms with E-state index in [1.807, 2.05) is 0 Å². The molecule has 0 spiro atoms. The second-order valence-electron chi connectivity index (χ2n) is 11.2. The molecule has 0 aliphatic heterocycles. The van der Waals surface area contributed by atoms with Crippen molar-refractivity contribution in [1.82, 2.24) is 0 Å². The lowest BCUT2D eigenvalue weighted by atomic mass is 10.2. The molecular formula is C28H16N16O16. The Balaban J connectivity index is 1.76. The molecule has 32 heteroatoms. The quantitative estimate of drug-likeness (QED) is 0.0507. The number of benzene rings is 4. The van der Waals surface area contributed by atoms with Crippen LogP contribution in [0.1, 0.15) is 0 Å². The number of nitro groups is 8. The standard InChI is InChI=1S/C28H16N16O16/c45-37(46)13-1-5-17(21(9-13)41(53)54)29-33-25-26(34-30-18-6-2-14(38(47)48)10-22(18)42(55)56)28(36-32-20-8-4-16(40(51)52)12-24(20)44(59)60)27(25)35-31-19-7-3-15(39(49)50)11-23(19)43(57)58/h1-12,29-31,34H. The smallest absolute Gasteiger partial charge is 0.296 e. The molecule has 0 atom stereocenters. The third-order valence-corrected chi connectivity index (χ3v) is 7.61. The van der Waals surface area contributed by atoms with Gasteiger partial charge in [0.15, 0.2) is 5.69 Å². The highest BCUT2D eigenvalue weighted by Crippen LogP contribution is 2.35. The fourth-order valence-corrected chi connectivity index (χ4v) is 4.80. The van der Waals surface area contributed by atoms with Crippen LogP contribution in [0, 0.1) is 80.9 Å². The second kappa shape index (κ2) is 16.8. The van der Waals surface area contributed by atoms with E-state index in [9.17, 15) is 80.9 Å². The van der Waals surface area contributed by atoms with Crippen molar-refractivity contribution in [3.8, 4) is 0 Å². The average molecular weight is 833 g/mol. The van der Waals surface area contributed by atoms with E-state index in [2.05, 4.69) is 42.1 Å².